The van der Waals surface area contributed by atoms with Crippen LogP contribution in [-0.4, -0.2) is 11.1 Å². The molecule has 0 fully saturated rings. The second kappa shape index (κ2) is 8.70. The number of carbonyl (C=O) groups is 1. The fourth-order valence-electron chi connectivity index (χ4n) is 2.77. The molecule has 0 aromatic heterocycles. The summed E-state index contributed by atoms with van der Waals surface area (Å²) < 4.78 is 5.81. The van der Waals surface area contributed by atoms with Crippen molar-refractivity contribution >= 4 is 17.6 Å². The van der Waals surface area contributed by atoms with Crippen LogP contribution in [0.15, 0.2) is 72.8 Å². The van der Waals surface area contributed by atoms with Crippen LogP contribution in [0.3, 0.4) is 0 Å². The molecule has 0 amide bonds. The Bertz CT molecular complexity index is 1040. The maximum atomic E-state index is 10.9. The number of aromatic carboxylic acids is 1. The standard InChI is InChI=1S/C24H19NO3/c1-17-3-2-4-19(13-17)16-28-23-11-5-18(6-12-23)14-22(15-25)20-7-9-21(10-8-20)24(26)27/h2-14H,16H2,1H3,(H,26,27). The fourth-order valence-corrected chi connectivity index (χ4v) is 2.77. The molecule has 4 heteroatoms. The molecule has 0 aliphatic carbocycles. The van der Waals surface area contributed by atoms with E-state index in [1.165, 1.54) is 17.7 Å². The lowest BCUT2D eigenvalue weighted by molar-refractivity contribution is 0.0697. The largest absolute Gasteiger partial charge is 0.489 e. The normalized spacial score (nSPS) is 10.9. The van der Waals surface area contributed by atoms with E-state index < -0.39 is 5.97 Å². The van der Waals surface area contributed by atoms with Gasteiger partial charge in [-0.15, -0.1) is 0 Å². The number of ether oxygens (including phenoxy) is 1. The third-order valence-corrected chi connectivity index (χ3v) is 4.24. The highest BCUT2D eigenvalue weighted by Crippen LogP contribution is 2.21. The molecule has 138 valence electrons. The average molecular weight is 369 g/mol. The van der Waals surface area contributed by atoms with Gasteiger partial charge in [-0.05, 0) is 54.0 Å². The molecule has 1 N–H and O–H groups in total. The summed E-state index contributed by atoms with van der Waals surface area (Å²) in [6.07, 6.45) is 1.76. The SMILES string of the molecule is Cc1cccc(COc2ccc(C=C(C#N)c3ccc(C(=O)O)cc3)cc2)c1. The maximum absolute atomic E-state index is 10.9. The first-order valence-electron chi connectivity index (χ1n) is 8.79. The summed E-state index contributed by atoms with van der Waals surface area (Å²) >= 11 is 0. The number of carboxylic acids is 1. The topological polar surface area (TPSA) is 70.3 Å². The molecule has 0 heterocycles. The molecule has 3 aromatic carbocycles. The Morgan fingerprint density at radius 3 is 2.32 bits per heavy atom. The number of nitriles is 1. The van der Waals surface area contributed by atoms with Gasteiger partial charge in [0.15, 0.2) is 0 Å². The van der Waals surface area contributed by atoms with E-state index in [-0.39, 0.29) is 5.56 Å². The number of hydrogen-bond acceptors (Lipinski definition) is 3. The van der Waals surface area contributed by atoms with Crippen LogP contribution in [0, 0.1) is 18.3 Å². The van der Waals surface area contributed by atoms with Gasteiger partial charge in [-0.1, -0.05) is 54.1 Å². The fraction of sp³-hybridized carbons (Fsp3) is 0.0833. The van der Waals surface area contributed by atoms with E-state index in [4.69, 9.17) is 9.84 Å². The van der Waals surface area contributed by atoms with Crippen molar-refractivity contribution in [1.29, 1.82) is 5.26 Å². The Balaban J connectivity index is 1.71. The van der Waals surface area contributed by atoms with E-state index in [1.807, 2.05) is 49.4 Å². The summed E-state index contributed by atoms with van der Waals surface area (Å²) in [5.41, 5.74) is 4.50. The van der Waals surface area contributed by atoms with Crippen LogP contribution in [-0.2, 0) is 6.61 Å². The first-order chi connectivity index (χ1) is 13.5. The number of aryl methyl sites for hydroxylation is 1. The molecule has 0 bridgehead atoms. The lowest BCUT2D eigenvalue weighted by Gasteiger charge is -2.07. The van der Waals surface area contributed by atoms with Crippen molar-refractivity contribution in [2.75, 3.05) is 0 Å². The van der Waals surface area contributed by atoms with Crippen LogP contribution in [0.1, 0.15) is 32.6 Å². The zero-order chi connectivity index (χ0) is 19.9. The molecular formula is C24H19NO3. The summed E-state index contributed by atoms with van der Waals surface area (Å²) in [6.45, 7) is 2.54. The van der Waals surface area contributed by atoms with E-state index >= 15 is 0 Å². The molecule has 4 nitrogen and oxygen atoms in total. The van der Waals surface area contributed by atoms with Crippen LogP contribution >= 0.6 is 0 Å². The molecule has 0 saturated heterocycles. The zero-order valence-electron chi connectivity index (χ0n) is 15.4. The highest BCUT2D eigenvalue weighted by atomic mass is 16.5. The van der Waals surface area contributed by atoms with Crippen molar-refractivity contribution in [3.63, 3.8) is 0 Å². The molecule has 0 aliphatic heterocycles. The number of rotatable bonds is 6. The van der Waals surface area contributed by atoms with Gasteiger partial charge in [0.1, 0.15) is 12.4 Å². The average Bonchev–Trinajstić information content (AvgIpc) is 2.71. The van der Waals surface area contributed by atoms with Crippen molar-refractivity contribution in [3.05, 3.63) is 101 Å². The Morgan fingerprint density at radius 1 is 1.04 bits per heavy atom. The van der Waals surface area contributed by atoms with Crippen LogP contribution < -0.4 is 4.74 Å². The summed E-state index contributed by atoms with van der Waals surface area (Å²) in [6, 6.07) is 24.1. The van der Waals surface area contributed by atoms with Gasteiger partial charge in [0, 0.05) is 0 Å². The van der Waals surface area contributed by atoms with Gasteiger partial charge < -0.3 is 9.84 Å². The number of hydrogen-bond donors (Lipinski definition) is 1. The summed E-state index contributed by atoms with van der Waals surface area (Å²) in [5.74, 6) is -0.238. The van der Waals surface area contributed by atoms with Gasteiger partial charge in [-0.25, -0.2) is 4.79 Å². The first-order valence-corrected chi connectivity index (χ1v) is 8.79. The molecule has 28 heavy (non-hydrogen) atoms. The number of allylic oxidation sites excluding steroid dienone is 1. The minimum Gasteiger partial charge on any atom is -0.489 e. The predicted octanol–water partition coefficient (Wildman–Crippen LogP) is 5.34. The Morgan fingerprint density at radius 2 is 1.71 bits per heavy atom. The Labute approximate surface area is 164 Å². The second-order valence-electron chi connectivity index (χ2n) is 6.40. The van der Waals surface area contributed by atoms with E-state index in [1.54, 1.807) is 18.2 Å². The van der Waals surface area contributed by atoms with Gasteiger partial charge in [0.2, 0.25) is 0 Å². The first kappa shape index (κ1) is 18.9. The Kier molecular flexibility index (Phi) is 5.88. The molecule has 0 spiro atoms. The number of benzene rings is 3. The molecular weight excluding hydrogens is 350 g/mol. The molecule has 3 aromatic rings. The highest BCUT2D eigenvalue weighted by molar-refractivity contribution is 5.92. The van der Waals surface area contributed by atoms with Crippen molar-refractivity contribution < 1.29 is 14.6 Å². The van der Waals surface area contributed by atoms with Gasteiger partial charge in [-0.2, -0.15) is 5.26 Å². The zero-order valence-corrected chi connectivity index (χ0v) is 15.4. The van der Waals surface area contributed by atoms with Crippen LogP contribution in [0.5, 0.6) is 5.75 Å². The number of carboxylic acid groups (broad SMARTS) is 1. The van der Waals surface area contributed by atoms with Crippen molar-refractivity contribution in [2.45, 2.75) is 13.5 Å². The summed E-state index contributed by atoms with van der Waals surface area (Å²) in [7, 11) is 0. The number of nitrogens with zero attached hydrogens (tertiary/aromatic N) is 1. The molecule has 0 aliphatic rings. The minimum absolute atomic E-state index is 0.191. The van der Waals surface area contributed by atoms with Gasteiger partial charge in [0.25, 0.3) is 0 Å². The van der Waals surface area contributed by atoms with Crippen LogP contribution in [0.4, 0.5) is 0 Å². The lowest BCUT2D eigenvalue weighted by Crippen LogP contribution is -1.96. The van der Waals surface area contributed by atoms with Crippen LogP contribution in [0.2, 0.25) is 0 Å². The van der Waals surface area contributed by atoms with Crippen LogP contribution in [0.25, 0.3) is 11.6 Å². The van der Waals surface area contributed by atoms with Gasteiger partial charge >= 0.3 is 5.97 Å². The van der Waals surface area contributed by atoms with E-state index in [2.05, 4.69) is 12.1 Å². The molecule has 0 saturated carbocycles. The maximum Gasteiger partial charge on any atom is 0.335 e. The highest BCUT2D eigenvalue weighted by Gasteiger charge is 2.05. The smallest absolute Gasteiger partial charge is 0.335 e. The molecule has 0 atom stereocenters. The van der Waals surface area contributed by atoms with E-state index in [0.29, 0.717) is 17.7 Å². The minimum atomic E-state index is -0.990. The van der Waals surface area contributed by atoms with Gasteiger partial charge in [-0.3, -0.25) is 0 Å². The Hall–Kier alpha value is -3.84. The lowest BCUT2D eigenvalue weighted by atomic mass is 10.0. The summed E-state index contributed by atoms with van der Waals surface area (Å²) in [4.78, 5) is 10.9. The predicted molar refractivity (Wildman–Crippen MR) is 109 cm³/mol. The molecule has 0 unspecified atom stereocenters. The third-order valence-electron chi connectivity index (χ3n) is 4.24. The molecule has 3 rings (SSSR count). The van der Waals surface area contributed by atoms with E-state index in [9.17, 15) is 10.1 Å². The van der Waals surface area contributed by atoms with Crippen molar-refractivity contribution in [1.82, 2.24) is 0 Å². The van der Waals surface area contributed by atoms with Gasteiger partial charge in [0.05, 0.1) is 17.2 Å². The molecule has 0 radical (unpaired) electrons. The van der Waals surface area contributed by atoms with Crippen molar-refractivity contribution in [2.24, 2.45) is 0 Å². The third kappa shape index (κ3) is 4.87. The van der Waals surface area contributed by atoms with Crippen molar-refractivity contribution in [3.8, 4) is 11.8 Å². The van der Waals surface area contributed by atoms with E-state index in [0.717, 1.165) is 16.9 Å². The quantitative estimate of drug-likeness (QED) is 0.470. The monoisotopic (exact) mass is 369 g/mol. The second-order valence-corrected chi connectivity index (χ2v) is 6.40. The summed E-state index contributed by atoms with van der Waals surface area (Å²) in [5, 5.41) is 18.4.